The Balaban J connectivity index is 2.42. The summed E-state index contributed by atoms with van der Waals surface area (Å²) in [6, 6.07) is 7.40. The molecule has 1 aliphatic heterocycles. The zero-order chi connectivity index (χ0) is 14.9. The number of carbonyl (C=O) groups is 2. The summed E-state index contributed by atoms with van der Waals surface area (Å²) in [4.78, 5) is 24.0. The molecule has 0 aromatic heterocycles. The largest absolute Gasteiger partial charge is 0.497 e. The molecule has 20 heavy (non-hydrogen) atoms. The Morgan fingerprint density at radius 1 is 1.20 bits per heavy atom. The Bertz CT molecular complexity index is 521. The molecule has 1 aromatic carbocycles. The first kappa shape index (κ1) is 14.4. The summed E-state index contributed by atoms with van der Waals surface area (Å²) in [5, 5.41) is 2.86. The van der Waals surface area contributed by atoms with Gasteiger partial charge in [-0.2, -0.15) is 0 Å². The molecule has 1 aromatic rings. The van der Waals surface area contributed by atoms with Crippen molar-refractivity contribution in [2.24, 2.45) is 5.92 Å². The molecule has 1 fully saturated rings. The quantitative estimate of drug-likeness (QED) is 0.671. The van der Waals surface area contributed by atoms with Crippen molar-refractivity contribution >= 4 is 11.9 Å². The Morgan fingerprint density at radius 2 is 1.80 bits per heavy atom. The average Bonchev–Trinajstić information content (AvgIpc) is 2.67. The molecule has 1 aliphatic rings. The molecular formula is C15H19NO4. The van der Waals surface area contributed by atoms with Gasteiger partial charge in [-0.15, -0.1) is 0 Å². The molecule has 0 spiro atoms. The normalized spacial score (nSPS) is 24.1. The van der Waals surface area contributed by atoms with Crippen LogP contribution in [0.25, 0.3) is 0 Å². The number of hydrogen-bond donors (Lipinski definition) is 1. The number of nitrogens with one attached hydrogen (secondary N) is 1. The van der Waals surface area contributed by atoms with Gasteiger partial charge < -0.3 is 14.8 Å². The van der Waals surface area contributed by atoms with Crippen molar-refractivity contribution in [3.05, 3.63) is 29.8 Å². The second kappa shape index (κ2) is 5.15. The molecule has 5 heteroatoms. The maximum absolute atomic E-state index is 12.1. The van der Waals surface area contributed by atoms with Gasteiger partial charge >= 0.3 is 5.97 Å². The molecule has 2 atom stereocenters. The van der Waals surface area contributed by atoms with Crippen LogP contribution in [0.5, 0.6) is 5.75 Å². The van der Waals surface area contributed by atoms with Crippen LogP contribution in [0, 0.1) is 5.92 Å². The van der Waals surface area contributed by atoms with Crippen LogP contribution in [0.1, 0.15) is 25.3 Å². The van der Waals surface area contributed by atoms with Gasteiger partial charge in [-0.05, 0) is 31.5 Å². The lowest BCUT2D eigenvalue weighted by molar-refractivity contribution is -0.149. The third kappa shape index (κ3) is 2.35. The average molecular weight is 277 g/mol. The first-order valence-electron chi connectivity index (χ1n) is 6.44. The number of amides is 1. The number of ether oxygens (including phenoxy) is 2. The Labute approximate surface area is 118 Å². The van der Waals surface area contributed by atoms with Gasteiger partial charge in [-0.1, -0.05) is 12.1 Å². The second-order valence-corrected chi connectivity index (χ2v) is 5.46. The number of benzene rings is 1. The van der Waals surface area contributed by atoms with Gasteiger partial charge in [0.05, 0.1) is 14.2 Å². The summed E-state index contributed by atoms with van der Waals surface area (Å²) in [5.41, 5.74) is 0.398. The highest BCUT2D eigenvalue weighted by Gasteiger charge is 2.52. The number of methoxy groups -OCH3 is 2. The maximum Gasteiger partial charge on any atom is 0.318 e. The van der Waals surface area contributed by atoms with E-state index >= 15 is 0 Å². The highest BCUT2D eigenvalue weighted by atomic mass is 16.5. The van der Waals surface area contributed by atoms with Crippen LogP contribution in [0.15, 0.2) is 24.3 Å². The minimum absolute atomic E-state index is 0.270. The van der Waals surface area contributed by atoms with E-state index < -0.39 is 17.4 Å². The Morgan fingerprint density at radius 3 is 2.30 bits per heavy atom. The van der Waals surface area contributed by atoms with E-state index in [2.05, 4.69) is 5.32 Å². The fourth-order valence-corrected chi connectivity index (χ4v) is 2.83. The third-order valence-corrected chi connectivity index (χ3v) is 3.77. The van der Waals surface area contributed by atoms with Crippen LogP contribution in [0.3, 0.4) is 0 Å². The van der Waals surface area contributed by atoms with E-state index in [1.165, 1.54) is 7.11 Å². The van der Waals surface area contributed by atoms with Crippen LogP contribution in [-0.2, 0) is 14.3 Å². The van der Waals surface area contributed by atoms with Gasteiger partial charge in [0.25, 0.3) is 0 Å². The van der Waals surface area contributed by atoms with E-state index in [1.807, 2.05) is 38.1 Å². The molecule has 1 amide bonds. The summed E-state index contributed by atoms with van der Waals surface area (Å²) in [5.74, 6) is -1.15. The lowest BCUT2D eigenvalue weighted by Gasteiger charge is -2.28. The minimum Gasteiger partial charge on any atom is -0.497 e. The first-order valence-corrected chi connectivity index (χ1v) is 6.44. The predicted molar refractivity (Wildman–Crippen MR) is 73.5 cm³/mol. The van der Waals surface area contributed by atoms with Gasteiger partial charge in [0.15, 0.2) is 0 Å². The van der Waals surface area contributed by atoms with E-state index in [9.17, 15) is 9.59 Å². The highest BCUT2D eigenvalue weighted by Crippen LogP contribution is 2.41. The SMILES string of the molecule is COC(=O)[C@@H]1C(=O)NC(C)(C)C1c1ccc(OC)cc1. The molecule has 0 radical (unpaired) electrons. The molecular weight excluding hydrogens is 258 g/mol. The first-order chi connectivity index (χ1) is 9.40. The van der Waals surface area contributed by atoms with Crippen LogP contribution in [0.4, 0.5) is 0 Å². The third-order valence-electron chi connectivity index (χ3n) is 3.77. The summed E-state index contributed by atoms with van der Waals surface area (Å²) >= 11 is 0. The van der Waals surface area contributed by atoms with Gasteiger partial charge in [-0.25, -0.2) is 0 Å². The molecule has 5 nitrogen and oxygen atoms in total. The Kier molecular flexibility index (Phi) is 3.70. The zero-order valence-electron chi connectivity index (χ0n) is 12.1. The summed E-state index contributed by atoms with van der Waals surface area (Å²) in [6.07, 6.45) is 0. The Hall–Kier alpha value is -2.04. The van der Waals surface area contributed by atoms with Crippen LogP contribution < -0.4 is 10.1 Å². The van der Waals surface area contributed by atoms with Crippen molar-refractivity contribution in [3.8, 4) is 5.75 Å². The fraction of sp³-hybridized carbons (Fsp3) is 0.467. The monoisotopic (exact) mass is 277 g/mol. The number of carbonyl (C=O) groups excluding carboxylic acids is 2. The lowest BCUT2D eigenvalue weighted by atomic mass is 9.77. The number of esters is 1. The van der Waals surface area contributed by atoms with Crippen molar-refractivity contribution in [2.45, 2.75) is 25.3 Å². The van der Waals surface area contributed by atoms with Crippen LogP contribution >= 0.6 is 0 Å². The van der Waals surface area contributed by atoms with Crippen molar-refractivity contribution in [1.82, 2.24) is 5.32 Å². The van der Waals surface area contributed by atoms with Crippen LogP contribution in [0.2, 0.25) is 0 Å². The molecule has 0 saturated carbocycles. The van der Waals surface area contributed by atoms with E-state index in [-0.39, 0.29) is 11.8 Å². The van der Waals surface area contributed by atoms with E-state index in [4.69, 9.17) is 9.47 Å². The maximum atomic E-state index is 12.1. The standard InChI is InChI=1S/C15H19NO4/c1-15(2)12(9-5-7-10(19-3)8-6-9)11(13(17)16-15)14(18)20-4/h5-8,11-12H,1-4H3,(H,16,17)/t11-,12?/m0/s1. The number of hydrogen-bond acceptors (Lipinski definition) is 4. The molecule has 1 N–H and O–H groups in total. The zero-order valence-corrected chi connectivity index (χ0v) is 12.1. The van der Waals surface area contributed by atoms with Crippen molar-refractivity contribution in [3.63, 3.8) is 0 Å². The molecule has 1 saturated heterocycles. The predicted octanol–water partition coefficient (Wildman–Crippen LogP) is 1.48. The van der Waals surface area contributed by atoms with Gasteiger partial charge in [0.2, 0.25) is 5.91 Å². The van der Waals surface area contributed by atoms with Crippen molar-refractivity contribution in [1.29, 1.82) is 0 Å². The topological polar surface area (TPSA) is 64.6 Å². The van der Waals surface area contributed by atoms with Gasteiger partial charge in [0, 0.05) is 11.5 Å². The van der Waals surface area contributed by atoms with Crippen LogP contribution in [-0.4, -0.2) is 31.6 Å². The summed E-state index contributed by atoms with van der Waals surface area (Å²) in [6.45, 7) is 3.81. The molecule has 1 heterocycles. The highest BCUT2D eigenvalue weighted by molar-refractivity contribution is 6.01. The van der Waals surface area contributed by atoms with Crippen molar-refractivity contribution < 1.29 is 19.1 Å². The van der Waals surface area contributed by atoms with Gasteiger partial charge in [0.1, 0.15) is 11.7 Å². The molecule has 1 unspecified atom stereocenters. The van der Waals surface area contributed by atoms with E-state index in [1.54, 1.807) is 7.11 Å². The van der Waals surface area contributed by atoms with Gasteiger partial charge in [-0.3, -0.25) is 9.59 Å². The summed E-state index contributed by atoms with van der Waals surface area (Å²) < 4.78 is 9.90. The fourth-order valence-electron chi connectivity index (χ4n) is 2.83. The summed E-state index contributed by atoms with van der Waals surface area (Å²) in [7, 11) is 2.89. The number of rotatable bonds is 3. The molecule has 2 rings (SSSR count). The molecule has 0 bridgehead atoms. The molecule has 0 aliphatic carbocycles. The van der Waals surface area contributed by atoms with Crippen molar-refractivity contribution in [2.75, 3.05) is 14.2 Å². The van der Waals surface area contributed by atoms with E-state index in [0.717, 1.165) is 11.3 Å². The minimum atomic E-state index is -0.816. The van der Waals surface area contributed by atoms with E-state index in [0.29, 0.717) is 0 Å². The second-order valence-electron chi connectivity index (χ2n) is 5.46. The molecule has 108 valence electrons. The smallest absolute Gasteiger partial charge is 0.318 e. The lowest BCUT2D eigenvalue weighted by Crippen LogP contribution is -2.38.